The summed E-state index contributed by atoms with van der Waals surface area (Å²) in [6.07, 6.45) is 6.23. The van der Waals surface area contributed by atoms with Crippen molar-refractivity contribution in [2.45, 2.75) is 65.8 Å². The number of carbonyl (C=O) groups is 1. The zero-order valence-corrected chi connectivity index (χ0v) is 13.6. The van der Waals surface area contributed by atoms with E-state index in [9.17, 15) is 9.90 Å². The Morgan fingerprint density at radius 2 is 1.70 bits per heavy atom. The van der Waals surface area contributed by atoms with Gasteiger partial charge in [-0.15, -0.1) is 0 Å². The zero-order chi connectivity index (χ0) is 14.9. The lowest BCUT2D eigenvalue weighted by atomic mass is 9.72. The summed E-state index contributed by atoms with van der Waals surface area (Å²) in [6.45, 7) is 10.7. The number of nitrogens with zero attached hydrogens (tertiary/aromatic N) is 1. The van der Waals surface area contributed by atoms with Crippen molar-refractivity contribution in [3.05, 3.63) is 0 Å². The van der Waals surface area contributed by atoms with Gasteiger partial charge < -0.3 is 5.11 Å². The topological polar surface area (TPSA) is 40.5 Å². The molecule has 0 aromatic rings. The number of rotatable bonds is 3. The van der Waals surface area contributed by atoms with Gasteiger partial charge in [0.25, 0.3) is 0 Å². The fourth-order valence-corrected chi connectivity index (χ4v) is 4.42. The van der Waals surface area contributed by atoms with Gasteiger partial charge in [-0.3, -0.25) is 9.69 Å². The highest BCUT2D eigenvalue weighted by atomic mass is 16.4. The van der Waals surface area contributed by atoms with Crippen molar-refractivity contribution in [2.75, 3.05) is 13.1 Å². The number of hydrogen-bond donors (Lipinski definition) is 1. The molecule has 3 nitrogen and oxygen atoms in total. The summed E-state index contributed by atoms with van der Waals surface area (Å²) < 4.78 is 0. The lowest BCUT2D eigenvalue weighted by Crippen LogP contribution is -2.53. The fourth-order valence-electron chi connectivity index (χ4n) is 4.42. The lowest BCUT2D eigenvalue weighted by molar-refractivity contribution is -0.152. The zero-order valence-electron chi connectivity index (χ0n) is 13.6. The van der Waals surface area contributed by atoms with Crippen LogP contribution >= 0.6 is 0 Å². The Labute approximate surface area is 123 Å². The maximum atomic E-state index is 11.5. The van der Waals surface area contributed by atoms with Crippen molar-refractivity contribution < 1.29 is 9.90 Å². The molecule has 1 aliphatic heterocycles. The van der Waals surface area contributed by atoms with Gasteiger partial charge in [0.05, 0.1) is 5.41 Å². The fraction of sp³-hybridized carbons (Fsp3) is 0.941. The van der Waals surface area contributed by atoms with Gasteiger partial charge >= 0.3 is 5.97 Å². The minimum absolute atomic E-state index is 0.287. The molecule has 1 N–H and O–H groups in total. The summed E-state index contributed by atoms with van der Waals surface area (Å²) in [5.41, 5.74) is -0.597. The Morgan fingerprint density at radius 3 is 2.25 bits per heavy atom. The summed E-state index contributed by atoms with van der Waals surface area (Å²) in [7, 11) is 0. The number of aliphatic carboxylic acids is 1. The summed E-state index contributed by atoms with van der Waals surface area (Å²) in [4.78, 5) is 14.1. The highest BCUT2D eigenvalue weighted by Gasteiger charge is 2.42. The van der Waals surface area contributed by atoms with E-state index in [0.717, 1.165) is 37.8 Å². The van der Waals surface area contributed by atoms with Crippen molar-refractivity contribution in [3.8, 4) is 0 Å². The first kappa shape index (κ1) is 15.8. The summed E-state index contributed by atoms with van der Waals surface area (Å²) >= 11 is 0. The maximum absolute atomic E-state index is 11.5. The van der Waals surface area contributed by atoms with Crippen molar-refractivity contribution in [1.29, 1.82) is 0 Å². The molecular weight excluding hydrogens is 250 g/mol. The molecule has 2 fully saturated rings. The van der Waals surface area contributed by atoms with Crippen LogP contribution in [0.4, 0.5) is 0 Å². The second kappa shape index (κ2) is 6.05. The monoisotopic (exact) mass is 281 g/mol. The van der Waals surface area contributed by atoms with Crippen LogP contribution in [-0.4, -0.2) is 35.1 Å². The second-order valence-electron chi connectivity index (χ2n) is 7.74. The van der Waals surface area contributed by atoms with Gasteiger partial charge in [0, 0.05) is 12.6 Å². The largest absolute Gasteiger partial charge is 0.481 e. The van der Waals surface area contributed by atoms with Crippen LogP contribution in [0.3, 0.4) is 0 Å². The van der Waals surface area contributed by atoms with E-state index in [1.54, 1.807) is 0 Å². The molecule has 2 aliphatic rings. The van der Waals surface area contributed by atoms with Crippen molar-refractivity contribution in [2.24, 2.45) is 23.2 Å². The smallest absolute Gasteiger partial charge is 0.309 e. The van der Waals surface area contributed by atoms with E-state index in [1.807, 2.05) is 13.8 Å². The van der Waals surface area contributed by atoms with E-state index < -0.39 is 11.4 Å². The first-order valence-electron chi connectivity index (χ1n) is 8.31. The predicted octanol–water partition coefficient (Wildman–Crippen LogP) is 3.63. The van der Waals surface area contributed by atoms with Crippen LogP contribution in [0.25, 0.3) is 0 Å². The van der Waals surface area contributed by atoms with Crippen molar-refractivity contribution >= 4 is 5.97 Å². The average molecular weight is 281 g/mol. The Hall–Kier alpha value is -0.570. The lowest BCUT2D eigenvalue weighted by Gasteiger charge is -2.48. The molecule has 2 rings (SSSR count). The predicted molar refractivity (Wildman–Crippen MR) is 81.7 cm³/mol. The number of likely N-dealkylation sites (tertiary alicyclic amines) is 1. The first-order valence-corrected chi connectivity index (χ1v) is 8.31. The van der Waals surface area contributed by atoms with E-state index in [4.69, 9.17) is 0 Å². The first-order chi connectivity index (χ1) is 9.34. The molecule has 3 atom stereocenters. The molecule has 116 valence electrons. The van der Waals surface area contributed by atoms with E-state index in [2.05, 4.69) is 18.7 Å². The quantitative estimate of drug-likeness (QED) is 0.858. The van der Waals surface area contributed by atoms with Gasteiger partial charge in [-0.05, 0) is 63.8 Å². The average Bonchev–Trinajstić information content (AvgIpc) is 2.38. The number of carboxylic acids is 1. The molecule has 0 aromatic carbocycles. The number of piperidine rings is 1. The van der Waals surface area contributed by atoms with Gasteiger partial charge in [-0.1, -0.05) is 20.3 Å². The molecule has 3 heteroatoms. The third-order valence-electron chi connectivity index (χ3n) is 5.93. The molecule has 20 heavy (non-hydrogen) atoms. The van der Waals surface area contributed by atoms with Gasteiger partial charge in [-0.25, -0.2) is 0 Å². The van der Waals surface area contributed by atoms with Crippen LogP contribution < -0.4 is 0 Å². The molecule has 0 radical (unpaired) electrons. The third-order valence-corrected chi connectivity index (χ3v) is 5.93. The molecule has 3 unspecified atom stereocenters. The Morgan fingerprint density at radius 1 is 1.10 bits per heavy atom. The Bertz CT molecular complexity index is 343. The van der Waals surface area contributed by atoms with Crippen LogP contribution in [0.15, 0.2) is 0 Å². The van der Waals surface area contributed by atoms with E-state index in [0.29, 0.717) is 6.04 Å². The van der Waals surface area contributed by atoms with Crippen molar-refractivity contribution in [3.63, 3.8) is 0 Å². The Kier molecular flexibility index (Phi) is 4.78. The highest BCUT2D eigenvalue weighted by Crippen LogP contribution is 2.39. The highest BCUT2D eigenvalue weighted by molar-refractivity contribution is 5.74. The van der Waals surface area contributed by atoms with Gasteiger partial charge in [0.1, 0.15) is 0 Å². The van der Waals surface area contributed by atoms with Gasteiger partial charge in [-0.2, -0.15) is 0 Å². The summed E-state index contributed by atoms with van der Waals surface area (Å²) in [5.74, 6) is 1.15. The second-order valence-corrected chi connectivity index (χ2v) is 7.74. The Balaban J connectivity index is 2.08. The molecule has 0 amide bonds. The molecule has 0 aromatic heterocycles. The minimum atomic E-state index is -0.644. The van der Waals surface area contributed by atoms with E-state index in [1.165, 1.54) is 19.3 Å². The number of hydrogen-bond acceptors (Lipinski definition) is 2. The van der Waals surface area contributed by atoms with Crippen LogP contribution in [0.1, 0.15) is 59.8 Å². The molecule has 0 spiro atoms. The van der Waals surface area contributed by atoms with Crippen molar-refractivity contribution in [1.82, 2.24) is 4.90 Å². The molecule has 1 heterocycles. The molecule has 1 saturated carbocycles. The van der Waals surface area contributed by atoms with E-state index >= 15 is 0 Å². The molecule has 1 saturated heterocycles. The summed E-state index contributed by atoms with van der Waals surface area (Å²) in [5, 5.41) is 9.48. The molecule has 0 bridgehead atoms. The normalized spacial score (nSPS) is 36.8. The van der Waals surface area contributed by atoms with Crippen LogP contribution in [0, 0.1) is 23.2 Å². The van der Waals surface area contributed by atoms with Crippen LogP contribution in [0.2, 0.25) is 0 Å². The molecular formula is C17H31NO2. The SMILES string of the molecule is CC1CCCC(C)C1N1CCCC(C(C)(C)C(=O)O)C1. The van der Waals surface area contributed by atoms with Crippen LogP contribution in [0.5, 0.6) is 0 Å². The third kappa shape index (κ3) is 3.03. The maximum Gasteiger partial charge on any atom is 0.309 e. The number of carboxylic acid groups (broad SMARTS) is 1. The van der Waals surface area contributed by atoms with Gasteiger partial charge in [0.2, 0.25) is 0 Å². The minimum Gasteiger partial charge on any atom is -0.481 e. The summed E-state index contributed by atoms with van der Waals surface area (Å²) in [6, 6.07) is 0.663. The van der Waals surface area contributed by atoms with Crippen LogP contribution in [-0.2, 0) is 4.79 Å². The van der Waals surface area contributed by atoms with E-state index in [-0.39, 0.29) is 5.92 Å². The van der Waals surface area contributed by atoms with Gasteiger partial charge in [0.15, 0.2) is 0 Å². The standard InChI is InChI=1S/C17H31NO2/c1-12-7-5-8-13(2)15(12)18-10-6-9-14(11-18)17(3,4)16(19)20/h12-15H,5-11H2,1-4H3,(H,19,20). The molecule has 1 aliphatic carbocycles.